The molecule has 0 saturated carbocycles. The van der Waals surface area contributed by atoms with Crippen LogP contribution in [0.5, 0.6) is 0 Å². The summed E-state index contributed by atoms with van der Waals surface area (Å²) in [5.74, 6) is -0.340. The smallest absolute Gasteiger partial charge is 0.305 e. The highest BCUT2D eigenvalue weighted by atomic mass is 16.4. The van der Waals surface area contributed by atoms with Crippen LogP contribution in [0, 0.1) is 0 Å². The first kappa shape index (κ1) is 17.2. The molecule has 0 unspecified atom stereocenters. The first-order valence-corrected chi connectivity index (χ1v) is 9.00. The van der Waals surface area contributed by atoms with Crippen LogP contribution < -0.4 is 0 Å². The van der Waals surface area contributed by atoms with Crippen LogP contribution in [-0.4, -0.2) is 42.5 Å². The maximum Gasteiger partial charge on any atom is 0.305 e. The number of pyridine rings is 1. The van der Waals surface area contributed by atoms with Crippen molar-refractivity contribution < 1.29 is 14.7 Å². The average molecular weight is 364 g/mol. The van der Waals surface area contributed by atoms with E-state index < -0.39 is 12.0 Å². The molecule has 0 radical (unpaired) electrons. The molecule has 1 amide bonds. The number of aliphatic carboxylic acids is 1. The summed E-state index contributed by atoms with van der Waals surface area (Å²) >= 11 is 0. The molecule has 1 atom stereocenters. The zero-order valence-corrected chi connectivity index (χ0v) is 15.0. The number of carboxylic acids is 1. The highest BCUT2D eigenvalue weighted by Crippen LogP contribution is 2.27. The lowest BCUT2D eigenvalue weighted by Gasteiger charge is -2.36. The van der Waals surface area contributed by atoms with Gasteiger partial charge in [0.15, 0.2) is 5.65 Å². The third-order valence-corrected chi connectivity index (χ3v) is 5.08. The van der Waals surface area contributed by atoms with E-state index in [0.717, 1.165) is 17.0 Å². The number of amides is 1. The molecule has 1 aliphatic rings. The summed E-state index contributed by atoms with van der Waals surface area (Å²) in [6.45, 7) is 2.37. The molecule has 3 aromatic rings. The number of rotatable bonds is 4. The van der Waals surface area contributed by atoms with Crippen molar-refractivity contribution in [2.24, 2.45) is 0 Å². The van der Waals surface area contributed by atoms with E-state index >= 15 is 0 Å². The van der Waals surface area contributed by atoms with Crippen molar-refractivity contribution >= 4 is 17.5 Å². The van der Waals surface area contributed by atoms with Gasteiger partial charge in [0.05, 0.1) is 12.0 Å². The van der Waals surface area contributed by atoms with E-state index in [1.54, 1.807) is 17.0 Å². The van der Waals surface area contributed by atoms with E-state index in [2.05, 4.69) is 10.2 Å². The Hall–Kier alpha value is -3.22. The van der Waals surface area contributed by atoms with E-state index in [0.29, 0.717) is 30.6 Å². The first-order chi connectivity index (χ1) is 13.1. The number of hydrogen-bond acceptors (Lipinski definition) is 4. The zero-order chi connectivity index (χ0) is 19.0. The molecular weight excluding hydrogens is 344 g/mol. The van der Waals surface area contributed by atoms with Crippen molar-refractivity contribution in [2.75, 3.05) is 0 Å². The lowest BCUT2D eigenvalue weighted by Crippen LogP contribution is -2.45. The van der Waals surface area contributed by atoms with Gasteiger partial charge in [-0.15, -0.1) is 10.2 Å². The van der Waals surface area contributed by atoms with Gasteiger partial charge in [-0.25, -0.2) is 0 Å². The summed E-state index contributed by atoms with van der Waals surface area (Å²) in [7, 11) is 0. The van der Waals surface area contributed by atoms with Gasteiger partial charge in [0.25, 0.3) is 5.91 Å². The van der Waals surface area contributed by atoms with Gasteiger partial charge in [-0.05, 0) is 29.7 Å². The van der Waals surface area contributed by atoms with Crippen LogP contribution in [0.25, 0.3) is 5.65 Å². The first-order valence-electron chi connectivity index (χ1n) is 9.00. The average Bonchev–Trinajstić information content (AvgIpc) is 3.09. The van der Waals surface area contributed by atoms with Crippen molar-refractivity contribution in [1.82, 2.24) is 19.5 Å². The van der Waals surface area contributed by atoms with Crippen molar-refractivity contribution in [3.63, 3.8) is 0 Å². The Morgan fingerprint density at radius 1 is 1.15 bits per heavy atom. The Morgan fingerprint density at radius 3 is 2.67 bits per heavy atom. The summed E-state index contributed by atoms with van der Waals surface area (Å²) in [6.07, 6.45) is 2.99. The fourth-order valence-electron chi connectivity index (χ4n) is 3.74. The quantitative estimate of drug-likeness (QED) is 0.768. The molecule has 0 saturated heterocycles. The van der Waals surface area contributed by atoms with E-state index in [9.17, 15) is 14.7 Å². The number of nitrogens with zero attached hydrogens (tertiary/aromatic N) is 4. The largest absolute Gasteiger partial charge is 0.481 e. The van der Waals surface area contributed by atoms with Crippen LogP contribution >= 0.6 is 0 Å². The lowest BCUT2D eigenvalue weighted by atomic mass is 9.91. The number of hydrogen-bond donors (Lipinski definition) is 1. The minimum absolute atomic E-state index is 0.0872. The molecule has 0 aliphatic carbocycles. The van der Waals surface area contributed by atoms with Crippen LogP contribution in [0.1, 0.15) is 40.7 Å². The van der Waals surface area contributed by atoms with Crippen LogP contribution in [0.2, 0.25) is 0 Å². The number of aromatic nitrogens is 3. The number of carboxylic acid groups (broad SMARTS) is 1. The number of benzene rings is 1. The molecule has 0 bridgehead atoms. The summed E-state index contributed by atoms with van der Waals surface area (Å²) in [6, 6.07) is 11.0. The van der Waals surface area contributed by atoms with Gasteiger partial charge in [-0.1, -0.05) is 31.2 Å². The van der Waals surface area contributed by atoms with Crippen LogP contribution in [-0.2, 0) is 24.2 Å². The third-order valence-electron chi connectivity index (χ3n) is 5.08. The number of carbonyl (C=O) groups is 2. The van der Waals surface area contributed by atoms with E-state index in [1.165, 1.54) is 0 Å². The van der Waals surface area contributed by atoms with Crippen molar-refractivity contribution in [1.29, 1.82) is 0 Å². The predicted octanol–water partition coefficient (Wildman–Crippen LogP) is 2.33. The van der Waals surface area contributed by atoms with Crippen LogP contribution in [0.3, 0.4) is 0 Å². The second-order valence-corrected chi connectivity index (χ2v) is 6.74. The Balaban J connectivity index is 1.75. The van der Waals surface area contributed by atoms with Gasteiger partial charge >= 0.3 is 5.97 Å². The molecule has 1 aromatic carbocycles. The van der Waals surface area contributed by atoms with Gasteiger partial charge in [0.1, 0.15) is 5.82 Å². The Kier molecular flexibility index (Phi) is 4.35. The minimum Gasteiger partial charge on any atom is -0.481 e. The van der Waals surface area contributed by atoms with Crippen LogP contribution in [0.4, 0.5) is 0 Å². The summed E-state index contributed by atoms with van der Waals surface area (Å²) in [4.78, 5) is 26.4. The molecule has 27 heavy (non-hydrogen) atoms. The van der Waals surface area contributed by atoms with Gasteiger partial charge in [0, 0.05) is 25.2 Å². The fourth-order valence-corrected chi connectivity index (χ4v) is 3.74. The van der Waals surface area contributed by atoms with Crippen LogP contribution in [0.15, 0.2) is 42.6 Å². The normalized spacial score (nSPS) is 16.3. The van der Waals surface area contributed by atoms with Gasteiger partial charge in [-0.2, -0.15) is 0 Å². The number of fused-ring (bicyclic) bond motifs is 2. The van der Waals surface area contributed by atoms with Crippen molar-refractivity contribution in [3.05, 3.63) is 65.1 Å². The molecule has 0 spiro atoms. The van der Waals surface area contributed by atoms with E-state index in [-0.39, 0.29) is 12.3 Å². The van der Waals surface area contributed by atoms with Crippen molar-refractivity contribution in [2.45, 2.75) is 38.8 Å². The summed E-state index contributed by atoms with van der Waals surface area (Å²) < 4.78 is 1.82. The predicted molar refractivity (Wildman–Crippen MR) is 98.4 cm³/mol. The number of aryl methyl sites for hydroxylation is 1. The Labute approximate surface area is 156 Å². The van der Waals surface area contributed by atoms with Gasteiger partial charge < -0.3 is 10.0 Å². The molecule has 0 fully saturated rings. The molecule has 1 aliphatic heterocycles. The number of carbonyl (C=O) groups excluding carboxylic acids is 1. The summed E-state index contributed by atoms with van der Waals surface area (Å²) in [5.41, 5.74) is 3.10. The third kappa shape index (κ3) is 3.05. The molecule has 3 heterocycles. The summed E-state index contributed by atoms with van der Waals surface area (Å²) in [5, 5.41) is 17.7. The second-order valence-electron chi connectivity index (χ2n) is 6.74. The Bertz CT molecular complexity index is 1030. The standard InChI is InChI=1S/C20H20N4O3/c1-2-17-21-22-19-16(8-5-9-23(17)19)20(27)24-12-14-7-4-3-6-13(14)10-15(24)11-18(25)26/h3-9,15H,2,10-12H2,1H3,(H,25,26)/t15-/m0/s1. The van der Waals surface area contributed by atoms with Crippen molar-refractivity contribution in [3.8, 4) is 0 Å². The lowest BCUT2D eigenvalue weighted by molar-refractivity contribution is -0.138. The van der Waals surface area contributed by atoms with E-state index in [1.807, 2.05) is 41.8 Å². The molecule has 2 aromatic heterocycles. The highest BCUT2D eigenvalue weighted by molar-refractivity contribution is 6.00. The SMILES string of the molecule is CCc1nnc2c(C(=O)N3Cc4ccccc4C[C@H]3CC(=O)O)cccn12. The topological polar surface area (TPSA) is 87.8 Å². The van der Waals surface area contributed by atoms with E-state index in [4.69, 9.17) is 0 Å². The zero-order valence-electron chi connectivity index (χ0n) is 15.0. The minimum atomic E-state index is -0.911. The molecule has 138 valence electrons. The maximum atomic E-state index is 13.4. The molecular formula is C20H20N4O3. The monoisotopic (exact) mass is 364 g/mol. The maximum absolute atomic E-state index is 13.4. The second kappa shape index (κ2) is 6.83. The molecule has 4 rings (SSSR count). The molecule has 7 heteroatoms. The molecule has 7 nitrogen and oxygen atoms in total. The Morgan fingerprint density at radius 2 is 1.93 bits per heavy atom. The highest BCUT2D eigenvalue weighted by Gasteiger charge is 2.32. The van der Waals surface area contributed by atoms with Gasteiger partial charge in [0.2, 0.25) is 0 Å². The molecule has 1 N–H and O–H groups in total. The fraction of sp³-hybridized carbons (Fsp3) is 0.300. The van der Waals surface area contributed by atoms with Gasteiger partial charge in [-0.3, -0.25) is 14.0 Å².